The van der Waals surface area contributed by atoms with Gasteiger partial charge < -0.3 is 4.74 Å². The summed E-state index contributed by atoms with van der Waals surface area (Å²) in [7, 11) is -3.71. The van der Waals surface area contributed by atoms with Crippen molar-refractivity contribution in [3.05, 3.63) is 42.0 Å². The van der Waals surface area contributed by atoms with Crippen LogP contribution >= 0.6 is 0 Å². The van der Waals surface area contributed by atoms with Gasteiger partial charge in [-0.15, -0.1) is 0 Å². The largest absolute Gasteiger partial charge is 0.455 e. The molecule has 0 unspecified atom stereocenters. The maximum absolute atomic E-state index is 11.9. The third-order valence-electron chi connectivity index (χ3n) is 2.90. The van der Waals surface area contributed by atoms with Gasteiger partial charge in [0.2, 0.25) is 0 Å². The summed E-state index contributed by atoms with van der Waals surface area (Å²) in [6.45, 7) is 1.95. The fraction of sp³-hybridized carbons (Fsp3) is 0.357. The Hall–Kier alpha value is -1.66. The fourth-order valence-electron chi connectivity index (χ4n) is 1.79. The molecule has 0 aromatic heterocycles. The topological polar surface area (TPSA) is 69.7 Å². The molecule has 1 heterocycles. The van der Waals surface area contributed by atoms with E-state index in [-0.39, 0.29) is 23.6 Å². The smallest absolute Gasteiger partial charge is 0.331 e. The molecule has 0 aliphatic carbocycles. The summed E-state index contributed by atoms with van der Waals surface area (Å²) >= 11 is 0. The second-order valence-corrected chi connectivity index (χ2v) is 6.18. The highest BCUT2D eigenvalue weighted by atomic mass is 32.2. The third kappa shape index (κ3) is 3.91. The van der Waals surface area contributed by atoms with E-state index in [4.69, 9.17) is 8.92 Å². The lowest BCUT2D eigenvalue weighted by atomic mass is 10.2. The van der Waals surface area contributed by atoms with Crippen LogP contribution in [-0.2, 0) is 23.8 Å². The Balaban J connectivity index is 1.79. The van der Waals surface area contributed by atoms with Crippen LogP contribution in [0.25, 0.3) is 0 Å². The first kappa shape index (κ1) is 14.7. The van der Waals surface area contributed by atoms with E-state index >= 15 is 0 Å². The molecule has 0 amide bonds. The van der Waals surface area contributed by atoms with Crippen molar-refractivity contribution in [1.29, 1.82) is 0 Å². The molecule has 6 heteroatoms. The number of carbonyl (C=O) groups is 1. The molecule has 0 bridgehead atoms. The summed E-state index contributed by atoms with van der Waals surface area (Å²) in [5.74, 6) is -0.358. The van der Waals surface area contributed by atoms with Gasteiger partial charge in [-0.05, 0) is 38.0 Å². The van der Waals surface area contributed by atoms with E-state index < -0.39 is 10.1 Å². The van der Waals surface area contributed by atoms with Crippen molar-refractivity contribution in [1.82, 2.24) is 0 Å². The summed E-state index contributed by atoms with van der Waals surface area (Å²) in [6.07, 6.45) is 3.80. The van der Waals surface area contributed by atoms with Crippen LogP contribution in [0.4, 0.5) is 0 Å². The van der Waals surface area contributed by atoms with Crippen molar-refractivity contribution in [3.8, 4) is 0 Å². The van der Waals surface area contributed by atoms with Crippen LogP contribution in [0.2, 0.25) is 0 Å². The van der Waals surface area contributed by atoms with E-state index in [1.165, 1.54) is 18.2 Å². The predicted octanol–water partition coefficient (Wildman–Crippen LogP) is 1.96. The molecule has 1 aromatic rings. The molecule has 0 spiro atoms. The Bertz CT molecular complexity index is 601. The van der Waals surface area contributed by atoms with Gasteiger partial charge in [-0.25, -0.2) is 4.79 Å². The number of cyclic esters (lactones) is 1. The van der Waals surface area contributed by atoms with Gasteiger partial charge in [0.15, 0.2) is 0 Å². The van der Waals surface area contributed by atoms with Gasteiger partial charge >= 0.3 is 5.97 Å². The maximum atomic E-state index is 11.9. The SMILES string of the molecule is Cc1ccc(S(=O)(=O)OCCC[C@@H]2C=CC(=O)O2)cc1. The summed E-state index contributed by atoms with van der Waals surface area (Å²) in [5, 5.41) is 0. The Kier molecular flexibility index (Phi) is 4.57. The minimum absolute atomic E-state index is 0.0676. The van der Waals surface area contributed by atoms with Crippen molar-refractivity contribution in [2.45, 2.75) is 30.8 Å². The Morgan fingerprint density at radius 2 is 1.95 bits per heavy atom. The number of hydrogen-bond acceptors (Lipinski definition) is 5. The highest BCUT2D eigenvalue weighted by Crippen LogP contribution is 2.15. The van der Waals surface area contributed by atoms with Crippen LogP contribution in [-0.4, -0.2) is 27.1 Å². The first-order valence-electron chi connectivity index (χ1n) is 6.32. The number of benzene rings is 1. The first-order valence-corrected chi connectivity index (χ1v) is 7.73. The van der Waals surface area contributed by atoms with E-state index in [1.807, 2.05) is 6.92 Å². The minimum Gasteiger partial charge on any atom is -0.455 e. The van der Waals surface area contributed by atoms with Crippen molar-refractivity contribution >= 4 is 16.1 Å². The number of hydrogen-bond donors (Lipinski definition) is 0. The molecule has 1 atom stereocenters. The fourth-order valence-corrected chi connectivity index (χ4v) is 2.74. The second-order valence-electron chi connectivity index (χ2n) is 4.57. The zero-order valence-corrected chi connectivity index (χ0v) is 11.9. The Morgan fingerprint density at radius 1 is 1.25 bits per heavy atom. The van der Waals surface area contributed by atoms with E-state index in [1.54, 1.807) is 18.2 Å². The van der Waals surface area contributed by atoms with Crippen LogP contribution in [0.5, 0.6) is 0 Å². The molecule has 0 saturated heterocycles. The minimum atomic E-state index is -3.71. The van der Waals surface area contributed by atoms with Crippen LogP contribution in [0.15, 0.2) is 41.3 Å². The molecule has 0 N–H and O–H groups in total. The first-order chi connectivity index (χ1) is 9.47. The third-order valence-corrected chi connectivity index (χ3v) is 4.22. The average Bonchev–Trinajstić information content (AvgIpc) is 2.81. The van der Waals surface area contributed by atoms with E-state index in [0.717, 1.165) is 5.56 Å². The van der Waals surface area contributed by atoms with E-state index in [0.29, 0.717) is 12.8 Å². The quantitative estimate of drug-likeness (QED) is 0.456. The molecular formula is C14H16O5S. The molecule has 5 nitrogen and oxygen atoms in total. The van der Waals surface area contributed by atoms with Gasteiger partial charge in [0.25, 0.3) is 10.1 Å². The van der Waals surface area contributed by atoms with Crippen molar-refractivity contribution in [2.75, 3.05) is 6.61 Å². The molecule has 1 aliphatic heterocycles. The van der Waals surface area contributed by atoms with Crippen molar-refractivity contribution in [3.63, 3.8) is 0 Å². The number of ether oxygens (including phenoxy) is 1. The Morgan fingerprint density at radius 3 is 2.55 bits per heavy atom. The van der Waals surface area contributed by atoms with Crippen LogP contribution in [0.3, 0.4) is 0 Å². The Labute approximate surface area is 118 Å². The highest BCUT2D eigenvalue weighted by molar-refractivity contribution is 7.86. The molecule has 1 aromatic carbocycles. The lowest BCUT2D eigenvalue weighted by molar-refractivity contribution is -0.138. The lowest BCUT2D eigenvalue weighted by Gasteiger charge is -2.09. The number of esters is 1. The maximum Gasteiger partial charge on any atom is 0.331 e. The molecule has 1 aliphatic rings. The van der Waals surface area contributed by atoms with Crippen molar-refractivity contribution in [2.24, 2.45) is 0 Å². The van der Waals surface area contributed by atoms with Gasteiger partial charge in [0, 0.05) is 6.08 Å². The van der Waals surface area contributed by atoms with E-state index in [9.17, 15) is 13.2 Å². The monoisotopic (exact) mass is 296 g/mol. The van der Waals surface area contributed by atoms with Crippen LogP contribution in [0, 0.1) is 6.92 Å². The molecule has 20 heavy (non-hydrogen) atoms. The summed E-state index contributed by atoms with van der Waals surface area (Å²) < 4.78 is 33.6. The van der Waals surface area contributed by atoms with Crippen molar-refractivity contribution < 1.29 is 22.1 Å². The van der Waals surface area contributed by atoms with Gasteiger partial charge in [0.05, 0.1) is 11.5 Å². The van der Waals surface area contributed by atoms with Crippen LogP contribution in [0.1, 0.15) is 18.4 Å². The second kappa shape index (κ2) is 6.19. The molecule has 0 saturated carbocycles. The van der Waals surface area contributed by atoms with Gasteiger partial charge in [-0.2, -0.15) is 8.42 Å². The number of rotatable bonds is 6. The molecule has 108 valence electrons. The normalized spacial score (nSPS) is 18.2. The zero-order valence-electron chi connectivity index (χ0n) is 11.1. The van der Waals surface area contributed by atoms with Gasteiger partial charge in [-0.1, -0.05) is 17.7 Å². The number of carbonyl (C=O) groups excluding carboxylic acids is 1. The highest BCUT2D eigenvalue weighted by Gasteiger charge is 2.18. The summed E-state index contributed by atoms with van der Waals surface area (Å²) in [4.78, 5) is 11.0. The predicted molar refractivity (Wildman–Crippen MR) is 72.6 cm³/mol. The standard InChI is InChI=1S/C14H16O5S/c1-11-4-7-13(8-5-11)20(16,17)18-10-2-3-12-6-9-14(15)19-12/h4-9,12H,2-3,10H2,1H3/t12-/m1/s1. The molecule has 0 fully saturated rings. The van der Waals surface area contributed by atoms with Gasteiger partial charge in [-0.3, -0.25) is 4.18 Å². The lowest BCUT2D eigenvalue weighted by Crippen LogP contribution is -2.11. The number of aryl methyl sites for hydroxylation is 1. The average molecular weight is 296 g/mol. The summed E-state index contributed by atoms with van der Waals surface area (Å²) in [6, 6.07) is 6.48. The molecule has 0 radical (unpaired) electrons. The van der Waals surface area contributed by atoms with Gasteiger partial charge in [0.1, 0.15) is 6.10 Å². The van der Waals surface area contributed by atoms with Crippen LogP contribution < -0.4 is 0 Å². The molecule has 2 rings (SSSR count). The molecular weight excluding hydrogens is 280 g/mol. The summed E-state index contributed by atoms with van der Waals surface area (Å²) in [5.41, 5.74) is 0.985. The van der Waals surface area contributed by atoms with E-state index in [2.05, 4.69) is 0 Å². The zero-order chi connectivity index (χ0) is 14.6.